The van der Waals surface area contributed by atoms with Gasteiger partial charge in [-0.1, -0.05) is 33.6 Å². The molecule has 2 aromatic carbocycles. The fourth-order valence-electron chi connectivity index (χ4n) is 1.77. The zero-order valence-electron chi connectivity index (χ0n) is 12.5. The largest absolute Gasteiger partial charge is 0.486 e. The van der Waals surface area contributed by atoms with Crippen molar-refractivity contribution in [2.75, 3.05) is 13.2 Å². The molecule has 0 aliphatic rings. The van der Waals surface area contributed by atoms with Crippen LogP contribution in [0.4, 0.5) is 0 Å². The van der Waals surface area contributed by atoms with E-state index in [1.807, 2.05) is 6.92 Å². The van der Waals surface area contributed by atoms with Crippen LogP contribution >= 0.6 is 15.9 Å². The van der Waals surface area contributed by atoms with Gasteiger partial charge in [-0.25, -0.2) is 0 Å². The van der Waals surface area contributed by atoms with Crippen LogP contribution in [0.25, 0.3) is 0 Å². The molecule has 2 aromatic rings. The summed E-state index contributed by atoms with van der Waals surface area (Å²) in [6.45, 7) is 1.23. The van der Waals surface area contributed by atoms with Crippen molar-refractivity contribution in [2.24, 2.45) is 0 Å². The van der Waals surface area contributed by atoms with Gasteiger partial charge in [0.05, 0.1) is 11.5 Å². The molecule has 2 rings (SSSR count). The minimum atomic E-state index is -3.88. The molecule has 124 valence electrons. The van der Waals surface area contributed by atoms with Crippen molar-refractivity contribution in [3.63, 3.8) is 0 Å². The summed E-state index contributed by atoms with van der Waals surface area (Å²) in [5.41, 5.74) is 0.954. The van der Waals surface area contributed by atoms with E-state index < -0.39 is 16.2 Å². The molecule has 0 aliphatic heterocycles. The molecule has 5 nitrogen and oxygen atoms in total. The summed E-state index contributed by atoms with van der Waals surface area (Å²) < 4.78 is 35.6. The van der Waals surface area contributed by atoms with E-state index in [1.165, 1.54) is 12.1 Å². The molecule has 0 aromatic heterocycles. The van der Waals surface area contributed by atoms with Gasteiger partial charge >= 0.3 is 0 Å². The van der Waals surface area contributed by atoms with Crippen molar-refractivity contribution in [1.82, 2.24) is 0 Å². The second-order valence-electron chi connectivity index (χ2n) is 4.93. The number of hydrogen-bond acceptors (Lipinski definition) is 5. The molecule has 0 spiro atoms. The maximum atomic E-state index is 12.1. The molecule has 23 heavy (non-hydrogen) atoms. The Morgan fingerprint density at radius 2 is 1.70 bits per heavy atom. The molecule has 0 saturated carbocycles. The Kier molecular flexibility index (Phi) is 6.17. The zero-order chi connectivity index (χ0) is 16.9. The molecule has 1 N–H and O–H groups in total. The molecule has 0 radical (unpaired) electrons. The predicted octanol–water partition coefficient (Wildman–Crippen LogP) is 2.90. The van der Waals surface area contributed by atoms with Crippen LogP contribution in [-0.2, 0) is 14.3 Å². The first-order valence-electron chi connectivity index (χ1n) is 6.90. The van der Waals surface area contributed by atoms with Crippen molar-refractivity contribution in [3.8, 4) is 5.75 Å². The van der Waals surface area contributed by atoms with Crippen LogP contribution in [0.15, 0.2) is 57.9 Å². The van der Waals surface area contributed by atoms with E-state index in [0.717, 1.165) is 10.0 Å². The molecular formula is C16H17BrO5S. The zero-order valence-corrected chi connectivity index (χ0v) is 14.9. The lowest BCUT2D eigenvalue weighted by Crippen LogP contribution is -2.28. The average molecular weight is 401 g/mol. The highest BCUT2D eigenvalue weighted by molar-refractivity contribution is 9.10. The smallest absolute Gasteiger partial charge is 0.297 e. The summed E-state index contributed by atoms with van der Waals surface area (Å²) in [4.78, 5) is 0.0726. The van der Waals surface area contributed by atoms with E-state index in [1.54, 1.807) is 36.4 Å². The van der Waals surface area contributed by atoms with Crippen LogP contribution < -0.4 is 4.74 Å². The fraction of sp³-hybridized carbons (Fsp3) is 0.250. The van der Waals surface area contributed by atoms with Gasteiger partial charge in [0, 0.05) is 4.47 Å². The quantitative estimate of drug-likeness (QED) is 0.723. The Labute approximate surface area is 144 Å². The highest BCUT2D eigenvalue weighted by Crippen LogP contribution is 2.18. The molecule has 1 unspecified atom stereocenters. The Balaban J connectivity index is 1.99. The lowest BCUT2D eigenvalue weighted by molar-refractivity contribution is 0.0740. The second-order valence-corrected chi connectivity index (χ2v) is 7.46. The lowest BCUT2D eigenvalue weighted by Gasteiger charge is -2.17. The van der Waals surface area contributed by atoms with Crippen molar-refractivity contribution in [2.45, 2.75) is 17.9 Å². The van der Waals surface area contributed by atoms with Crippen molar-refractivity contribution in [3.05, 3.63) is 58.6 Å². The number of aliphatic hydroxyl groups excluding tert-OH is 1. The van der Waals surface area contributed by atoms with Gasteiger partial charge in [0.2, 0.25) is 0 Å². The molecule has 0 aliphatic carbocycles. The number of aliphatic hydroxyl groups is 1. The minimum Gasteiger partial charge on any atom is -0.486 e. The Morgan fingerprint density at radius 3 is 2.26 bits per heavy atom. The molecule has 0 saturated heterocycles. The van der Waals surface area contributed by atoms with Gasteiger partial charge < -0.3 is 9.84 Å². The van der Waals surface area contributed by atoms with Gasteiger partial charge in [0.25, 0.3) is 10.1 Å². The molecule has 0 amide bonds. The maximum Gasteiger partial charge on any atom is 0.297 e. The molecule has 1 atom stereocenters. The summed E-state index contributed by atoms with van der Waals surface area (Å²) in [5.74, 6) is 0.517. The normalized spacial score (nSPS) is 12.8. The third-order valence-corrected chi connectivity index (χ3v) is 4.86. The van der Waals surface area contributed by atoms with Crippen LogP contribution in [0, 0.1) is 6.92 Å². The fourth-order valence-corrected chi connectivity index (χ4v) is 2.97. The van der Waals surface area contributed by atoms with Gasteiger partial charge in [-0.05, 0) is 43.3 Å². The van der Waals surface area contributed by atoms with Gasteiger partial charge in [-0.15, -0.1) is 0 Å². The first kappa shape index (κ1) is 17.9. The van der Waals surface area contributed by atoms with Crippen LogP contribution in [-0.4, -0.2) is 32.8 Å². The van der Waals surface area contributed by atoms with E-state index in [2.05, 4.69) is 15.9 Å². The third kappa shape index (κ3) is 5.31. The second kappa shape index (κ2) is 7.92. The van der Waals surface area contributed by atoms with Crippen molar-refractivity contribution in [1.29, 1.82) is 0 Å². The standard InChI is InChI=1S/C16H17BrO5S/c1-12-2-8-16(9-3-12)23(19,20)21-11-15(10-18)22-14-6-4-13(17)5-7-14/h2-9,15,18H,10-11H2,1H3. The molecule has 0 bridgehead atoms. The first-order valence-corrected chi connectivity index (χ1v) is 9.10. The summed E-state index contributed by atoms with van der Waals surface area (Å²) in [6.07, 6.45) is -0.781. The number of ether oxygens (including phenoxy) is 1. The monoisotopic (exact) mass is 400 g/mol. The van der Waals surface area contributed by atoms with Crippen LogP contribution in [0.3, 0.4) is 0 Å². The number of halogens is 1. The molecular weight excluding hydrogens is 384 g/mol. The van der Waals surface area contributed by atoms with E-state index in [9.17, 15) is 13.5 Å². The topological polar surface area (TPSA) is 72.8 Å². The molecule has 7 heteroatoms. The summed E-state index contributed by atoms with van der Waals surface area (Å²) in [7, 11) is -3.88. The van der Waals surface area contributed by atoms with Crippen LogP contribution in [0.5, 0.6) is 5.75 Å². The summed E-state index contributed by atoms with van der Waals surface area (Å²) in [6, 6.07) is 13.3. The highest BCUT2D eigenvalue weighted by atomic mass is 79.9. The third-order valence-electron chi connectivity index (χ3n) is 3.04. The van der Waals surface area contributed by atoms with Crippen molar-refractivity contribution >= 4 is 26.0 Å². The highest BCUT2D eigenvalue weighted by Gasteiger charge is 2.19. The van der Waals surface area contributed by atoms with Crippen molar-refractivity contribution < 1.29 is 22.4 Å². The number of rotatable bonds is 7. The SMILES string of the molecule is Cc1ccc(S(=O)(=O)OCC(CO)Oc2ccc(Br)cc2)cc1. The number of benzene rings is 2. The summed E-state index contributed by atoms with van der Waals surface area (Å²) >= 11 is 3.31. The van der Waals surface area contributed by atoms with E-state index in [0.29, 0.717) is 5.75 Å². The Morgan fingerprint density at radius 1 is 1.09 bits per heavy atom. The Bertz CT molecular complexity index is 726. The lowest BCUT2D eigenvalue weighted by atomic mass is 10.2. The van der Waals surface area contributed by atoms with Crippen LogP contribution in [0.2, 0.25) is 0 Å². The van der Waals surface area contributed by atoms with Crippen LogP contribution in [0.1, 0.15) is 5.56 Å². The minimum absolute atomic E-state index is 0.0726. The van der Waals surface area contributed by atoms with E-state index in [-0.39, 0.29) is 18.1 Å². The molecule has 0 fully saturated rings. The van der Waals surface area contributed by atoms with Gasteiger partial charge in [-0.3, -0.25) is 4.18 Å². The van der Waals surface area contributed by atoms with Gasteiger partial charge in [-0.2, -0.15) is 8.42 Å². The van der Waals surface area contributed by atoms with E-state index in [4.69, 9.17) is 8.92 Å². The number of hydrogen-bond donors (Lipinski definition) is 1. The average Bonchev–Trinajstić information content (AvgIpc) is 2.53. The predicted molar refractivity (Wildman–Crippen MR) is 90.0 cm³/mol. The van der Waals surface area contributed by atoms with E-state index >= 15 is 0 Å². The first-order chi connectivity index (χ1) is 10.9. The maximum absolute atomic E-state index is 12.1. The number of aryl methyl sites for hydroxylation is 1. The van der Waals surface area contributed by atoms with Gasteiger partial charge in [0.1, 0.15) is 18.5 Å². The Hall–Kier alpha value is -1.41. The van der Waals surface area contributed by atoms with Gasteiger partial charge in [0.15, 0.2) is 0 Å². The molecule has 0 heterocycles. The summed E-state index contributed by atoms with van der Waals surface area (Å²) in [5, 5.41) is 9.34.